The number of piperazine rings is 1. The Morgan fingerprint density at radius 2 is 1.47 bits per heavy atom. The lowest BCUT2D eigenvalue weighted by Gasteiger charge is -2.36. The van der Waals surface area contributed by atoms with Gasteiger partial charge in [0.2, 0.25) is 5.91 Å². The maximum atomic E-state index is 12.9. The Labute approximate surface area is 283 Å². The monoisotopic (exact) mass is 678 g/mol. The van der Waals surface area contributed by atoms with Gasteiger partial charge in [0.15, 0.2) is 0 Å². The third-order valence-corrected chi connectivity index (χ3v) is 9.17. The van der Waals surface area contributed by atoms with E-state index in [0.29, 0.717) is 43.0 Å². The number of benzene rings is 5. The molecule has 49 heavy (non-hydrogen) atoms. The van der Waals surface area contributed by atoms with E-state index >= 15 is 0 Å². The van der Waals surface area contributed by atoms with Crippen LogP contribution >= 0.6 is 0 Å². The van der Waals surface area contributed by atoms with E-state index in [9.17, 15) is 27.4 Å². The lowest BCUT2D eigenvalue weighted by molar-refractivity contribution is -0.130. The normalized spacial score (nSPS) is 13.2. The molecule has 5 aromatic carbocycles. The predicted molar refractivity (Wildman–Crippen MR) is 187 cm³/mol. The van der Waals surface area contributed by atoms with E-state index in [1.165, 1.54) is 24.3 Å². The van der Waals surface area contributed by atoms with E-state index in [1.54, 1.807) is 30.0 Å². The van der Waals surface area contributed by atoms with Crippen LogP contribution in [0.2, 0.25) is 0 Å². The molecule has 0 bridgehead atoms. The molecule has 0 saturated carbocycles. The number of carbonyl (C=O) groups excluding carboxylic acids is 3. The van der Waals surface area contributed by atoms with Crippen LogP contribution in [0.25, 0.3) is 10.8 Å². The van der Waals surface area contributed by atoms with Gasteiger partial charge in [-0.15, -0.1) is 0 Å². The van der Waals surface area contributed by atoms with Gasteiger partial charge in [-0.05, 0) is 83.9 Å². The van der Waals surface area contributed by atoms with Crippen LogP contribution in [0, 0.1) is 6.92 Å². The summed E-state index contributed by atoms with van der Waals surface area (Å²) in [6, 6.07) is 31.4. The van der Waals surface area contributed by atoms with E-state index < -0.39 is 16.0 Å². The number of fused-ring (bicyclic) bond motifs is 1. The number of hydrogen-bond donors (Lipinski definition) is 3. The first-order valence-corrected chi connectivity index (χ1v) is 17.0. The number of ether oxygens (including phenoxy) is 1. The fourth-order valence-electron chi connectivity index (χ4n) is 5.55. The highest BCUT2D eigenvalue weighted by atomic mass is 32.2. The molecule has 0 unspecified atom stereocenters. The number of aryl methyl sites for hydroxylation is 1. The van der Waals surface area contributed by atoms with Gasteiger partial charge < -0.3 is 25.2 Å². The summed E-state index contributed by atoms with van der Waals surface area (Å²) in [6.45, 7) is 3.74. The van der Waals surface area contributed by atoms with E-state index in [2.05, 4.69) is 15.5 Å². The molecule has 1 saturated heterocycles. The minimum absolute atomic E-state index is 0.176. The Hall–Kier alpha value is -5.72. The van der Waals surface area contributed by atoms with Crippen molar-refractivity contribution < 1.29 is 32.1 Å². The average Bonchev–Trinajstić information content (AvgIpc) is 3.11. The fourth-order valence-corrected chi connectivity index (χ4v) is 6.05. The van der Waals surface area contributed by atoms with Gasteiger partial charge in [-0.1, -0.05) is 42.5 Å². The molecule has 3 N–H and O–H groups in total. The summed E-state index contributed by atoms with van der Waals surface area (Å²) in [7, 11) is -4.41. The van der Waals surface area contributed by atoms with Gasteiger partial charge in [0.25, 0.3) is 21.9 Å². The zero-order valence-corrected chi connectivity index (χ0v) is 27.4. The lowest BCUT2D eigenvalue weighted by Crippen LogP contribution is -2.51. The van der Waals surface area contributed by atoms with E-state index in [-0.39, 0.29) is 40.3 Å². The maximum absolute atomic E-state index is 12.9. The SMILES string of the molecule is Cc1ccc(S(=O)(=O)O)cc1Oc1cccc(C(=O)NCC(=O)N2CCN(c3ccc(NC(=O)c4ccc5ccccc5c4)cc3)CC2)c1. The highest BCUT2D eigenvalue weighted by Crippen LogP contribution is 2.28. The Kier molecular flexibility index (Phi) is 9.61. The predicted octanol–water partition coefficient (Wildman–Crippen LogP) is 5.52. The highest BCUT2D eigenvalue weighted by molar-refractivity contribution is 7.85. The van der Waals surface area contributed by atoms with Gasteiger partial charge in [-0.2, -0.15) is 8.42 Å². The molecule has 6 rings (SSSR count). The van der Waals surface area contributed by atoms with Crippen LogP contribution in [0.1, 0.15) is 26.3 Å². The molecule has 0 atom stereocenters. The highest BCUT2D eigenvalue weighted by Gasteiger charge is 2.22. The summed E-state index contributed by atoms with van der Waals surface area (Å²) in [6.07, 6.45) is 0. The van der Waals surface area contributed by atoms with Crippen LogP contribution in [0.4, 0.5) is 11.4 Å². The van der Waals surface area contributed by atoms with Crippen molar-refractivity contribution in [2.75, 3.05) is 42.9 Å². The van der Waals surface area contributed by atoms with Crippen molar-refractivity contribution in [3.63, 3.8) is 0 Å². The van der Waals surface area contributed by atoms with Crippen LogP contribution in [-0.2, 0) is 14.9 Å². The Morgan fingerprint density at radius 3 is 2.20 bits per heavy atom. The Bertz CT molecular complexity index is 2140. The summed E-state index contributed by atoms with van der Waals surface area (Å²) >= 11 is 0. The standard InChI is InChI=1S/C37H34N4O7S/c1-25-9-16-33(49(45,46)47)23-34(25)48-32-8-4-7-28(22-32)36(43)38-24-35(42)41-19-17-40(18-20-41)31-14-12-30(13-15-31)39-37(44)29-11-10-26-5-2-3-6-27(26)21-29/h2-16,21-23H,17-20,24H2,1H3,(H,38,43)(H,39,44)(H,45,46,47). The molecule has 11 nitrogen and oxygen atoms in total. The Balaban J connectivity index is 0.976. The zero-order chi connectivity index (χ0) is 34.5. The van der Waals surface area contributed by atoms with Gasteiger partial charge in [0, 0.05) is 54.7 Å². The first-order valence-electron chi connectivity index (χ1n) is 15.6. The topological polar surface area (TPSA) is 145 Å². The van der Waals surface area contributed by atoms with E-state index in [1.807, 2.05) is 66.7 Å². The van der Waals surface area contributed by atoms with Gasteiger partial charge in [0.1, 0.15) is 11.5 Å². The molecule has 1 heterocycles. The van der Waals surface area contributed by atoms with Crippen molar-refractivity contribution in [3.05, 3.63) is 126 Å². The molecule has 3 amide bonds. The largest absolute Gasteiger partial charge is 0.457 e. The van der Waals surface area contributed by atoms with Crippen molar-refractivity contribution >= 4 is 50.0 Å². The van der Waals surface area contributed by atoms with E-state index in [0.717, 1.165) is 16.5 Å². The molecule has 12 heteroatoms. The van der Waals surface area contributed by atoms with Crippen molar-refractivity contribution in [2.45, 2.75) is 11.8 Å². The van der Waals surface area contributed by atoms with E-state index in [4.69, 9.17) is 4.74 Å². The van der Waals surface area contributed by atoms with Gasteiger partial charge in [0.05, 0.1) is 11.4 Å². The number of anilines is 2. The zero-order valence-electron chi connectivity index (χ0n) is 26.6. The molecule has 250 valence electrons. The summed E-state index contributed by atoms with van der Waals surface area (Å²) in [5, 5.41) is 7.70. The maximum Gasteiger partial charge on any atom is 0.294 e. The average molecular weight is 679 g/mol. The molecule has 1 aliphatic heterocycles. The smallest absolute Gasteiger partial charge is 0.294 e. The van der Waals surface area contributed by atoms with Crippen LogP contribution in [-0.4, -0.2) is 68.3 Å². The molecule has 1 aliphatic rings. The first-order chi connectivity index (χ1) is 23.5. The minimum Gasteiger partial charge on any atom is -0.457 e. The molecular formula is C37H34N4O7S. The summed E-state index contributed by atoms with van der Waals surface area (Å²) in [4.78, 5) is 42.2. The number of amides is 3. The number of rotatable bonds is 9. The number of nitrogens with one attached hydrogen (secondary N) is 2. The molecular weight excluding hydrogens is 644 g/mol. The van der Waals surface area contributed by atoms with Crippen LogP contribution in [0.3, 0.4) is 0 Å². The third-order valence-electron chi connectivity index (χ3n) is 8.32. The molecule has 0 radical (unpaired) electrons. The summed E-state index contributed by atoms with van der Waals surface area (Å²) in [5.41, 5.74) is 3.14. The number of nitrogens with zero attached hydrogens (tertiary/aromatic N) is 2. The molecule has 0 spiro atoms. The number of carbonyl (C=O) groups is 3. The number of hydrogen-bond acceptors (Lipinski definition) is 7. The lowest BCUT2D eigenvalue weighted by atomic mass is 10.1. The van der Waals surface area contributed by atoms with Crippen molar-refractivity contribution in [1.82, 2.24) is 10.2 Å². The molecule has 0 aliphatic carbocycles. The summed E-state index contributed by atoms with van der Waals surface area (Å²) in [5.74, 6) is -0.357. The van der Waals surface area contributed by atoms with Crippen molar-refractivity contribution in [2.24, 2.45) is 0 Å². The second-order valence-electron chi connectivity index (χ2n) is 11.6. The van der Waals surface area contributed by atoms with Crippen LogP contribution < -0.4 is 20.3 Å². The van der Waals surface area contributed by atoms with Gasteiger partial charge in [-0.25, -0.2) is 0 Å². The van der Waals surface area contributed by atoms with Gasteiger partial charge in [-0.3, -0.25) is 18.9 Å². The Morgan fingerprint density at radius 1 is 0.755 bits per heavy atom. The second kappa shape index (κ2) is 14.2. The first kappa shape index (κ1) is 33.2. The minimum atomic E-state index is -4.41. The molecule has 0 aromatic heterocycles. The summed E-state index contributed by atoms with van der Waals surface area (Å²) < 4.78 is 38.2. The molecule has 1 fully saturated rings. The van der Waals surface area contributed by atoms with Crippen molar-refractivity contribution in [3.8, 4) is 11.5 Å². The third kappa shape index (κ3) is 8.06. The fraction of sp³-hybridized carbons (Fsp3) is 0.162. The second-order valence-corrected chi connectivity index (χ2v) is 13.1. The molecule has 5 aromatic rings. The van der Waals surface area contributed by atoms with Crippen LogP contribution in [0.15, 0.2) is 114 Å². The quantitative estimate of drug-likeness (QED) is 0.173. The van der Waals surface area contributed by atoms with Gasteiger partial charge >= 0.3 is 0 Å². The van der Waals surface area contributed by atoms with Crippen molar-refractivity contribution in [1.29, 1.82) is 0 Å². The van der Waals surface area contributed by atoms with Crippen LogP contribution in [0.5, 0.6) is 11.5 Å².